The van der Waals surface area contributed by atoms with Crippen LogP contribution < -0.4 is 10.6 Å². The van der Waals surface area contributed by atoms with Crippen molar-refractivity contribution in [1.29, 1.82) is 0 Å². The molecule has 0 bridgehead atoms. The number of nitrogens with zero attached hydrogens (tertiary/aromatic N) is 5. The first kappa shape index (κ1) is 31.8. The minimum absolute atomic E-state index is 0.0471. The molecule has 5 aromatic rings. The quantitative estimate of drug-likeness (QED) is 0.208. The van der Waals surface area contributed by atoms with Gasteiger partial charge in [-0.15, -0.1) is 10.2 Å². The fourth-order valence-corrected chi connectivity index (χ4v) is 7.95. The summed E-state index contributed by atoms with van der Waals surface area (Å²) < 4.78 is 35.4. The largest absolute Gasteiger partial charge is 0.379 e. The zero-order valence-electron chi connectivity index (χ0n) is 25.1. The number of para-hydroxylation sites is 1. The summed E-state index contributed by atoms with van der Waals surface area (Å²) in [4.78, 5) is 30.6. The molecule has 1 aliphatic heterocycles. The highest BCUT2D eigenvalue weighted by atomic mass is 32.2. The molecule has 0 spiro atoms. The maximum atomic E-state index is 13.1. The number of anilines is 1. The van der Waals surface area contributed by atoms with Crippen LogP contribution in [-0.4, -0.2) is 76.3 Å². The Bertz CT molecular complexity index is 1970. The Morgan fingerprint density at radius 2 is 1.76 bits per heavy atom. The van der Waals surface area contributed by atoms with Crippen LogP contribution in [0.3, 0.4) is 0 Å². The summed E-state index contributed by atoms with van der Waals surface area (Å²) in [5.41, 5.74) is 3.96. The lowest BCUT2D eigenvalue weighted by Gasteiger charge is -2.26. The van der Waals surface area contributed by atoms with Crippen LogP contribution in [0.25, 0.3) is 15.9 Å². The number of hydrogen-bond acceptors (Lipinski definition) is 10. The van der Waals surface area contributed by atoms with Gasteiger partial charge in [0, 0.05) is 18.7 Å². The normalized spacial score (nSPS) is 14.0. The van der Waals surface area contributed by atoms with Crippen molar-refractivity contribution in [3.63, 3.8) is 0 Å². The second kappa shape index (κ2) is 13.7. The monoisotopic (exact) mass is 677 g/mol. The van der Waals surface area contributed by atoms with Gasteiger partial charge in [-0.3, -0.25) is 14.2 Å². The summed E-state index contributed by atoms with van der Waals surface area (Å²) in [6.45, 7) is 5.28. The molecule has 2 N–H and O–H groups in total. The molecule has 15 heteroatoms. The number of thioether (sulfide) groups is 1. The van der Waals surface area contributed by atoms with E-state index in [1.807, 2.05) is 60.9 Å². The average molecular weight is 678 g/mol. The Morgan fingerprint density at radius 1 is 1.00 bits per heavy atom. The minimum atomic E-state index is -3.67. The number of fused-ring (bicyclic) bond motifs is 1. The molecule has 0 saturated carbocycles. The molecular weight excluding hydrogens is 647 g/mol. The van der Waals surface area contributed by atoms with Crippen LogP contribution in [0.15, 0.2) is 76.8 Å². The van der Waals surface area contributed by atoms with Crippen molar-refractivity contribution < 1.29 is 22.7 Å². The maximum Gasteiger partial charge on any atom is 0.251 e. The summed E-state index contributed by atoms with van der Waals surface area (Å²) in [5.74, 6) is -0.0725. The molecule has 6 rings (SSSR count). The molecule has 1 fully saturated rings. The number of ether oxygens (including phenoxy) is 1. The molecule has 46 heavy (non-hydrogen) atoms. The smallest absolute Gasteiger partial charge is 0.251 e. The predicted octanol–water partition coefficient (Wildman–Crippen LogP) is 4.18. The van der Waals surface area contributed by atoms with E-state index < -0.39 is 15.9 Å². The van der Waals surface area contributed by atoms with Crippen molar-refractivity contribution >= 4 is 60.3 Å². The van der Waals surface area contributed by atoms with Gasteiger partial charge in [0.25, 0.3) is 5.91 Å². The van der Waals surface area contributed by atoms with Gasteiger partial charge < -0.3 is 15.4 Å². The summed E-state index contributed by atoms with van der Waals surface area (Å²) >= 11 is 2.64. The van der Waals surface area contributed by atoms with Gasteiger partial charge >= 0.3 is 0 Å². The molecule has 0 radical (unpaired) electrons. The number of amides is 2. The molecule has 1 saturated heterocycles. The first-order valence-corrected chi connectivity index (χ1v) is 17.7. The molecule has 2 amide bonds. The second-order valence-electron chi connectivity index (χ2n) is 10.6. The molecule has 3 aromatic carbocycles. The third-order valence-corrected chi connectivity index (χ3v) is 11.1. The van der Waals surface area contributed by atoms with Crippen LogP contribution in [0, 0.1) is 13.8 Å². The Balaban J connectivity index is 1.16. The molecule has 1 aliphatic rings. The zero-order valence-corrected chi connectivity index (χ0v) is 27.5. The molecule has 0 unspecified atom stereocenters. The Morgan fingerprint density at radius 3 is 2.52 bits per heavy atom. The molecule has 12 nitrogen and oxygen atoms in total. The molecule has 2 aromatic heterocycles. The van der Waals surface area contributed by atoms with E-state index in [0.29, 0.717) is 48.0 Å². The van der Waals surface area contributed by atoms with Gasteiger partial charge in [0.2, 0.25) is 15.9 Å². The van der Waals surface area contributed by atoms with Crippen LogP contribution >= 0.6 is 23.1 Å². The number of sulfonamides is 1. The van der Waals surface area contributed by atoms with Crippen molar-refractivity contribution in [1.82, 2.24) is 29.4 Å². The first-order valence-electron chi connectivity index (χ1n) is 14.5. The minimum Gasteiger partial charge on any atom is -0.379 e. The number of thiazole rings is 1. The van der Waals surface area contributed by atoms with Crippen molar-refractivity contribution in [2.24, 2.45) is 0 Å². The van der Waals surface area contributed by atoms with Gasteiger partial charge in [-0.25, -0.2) is 13.4 Å². The molecular formula is C31H31N7O5S3. The first-order chi connectivity index (χ1) is 22.2. The Labute approximate surface area is 274 Å². The highest BCUT2D eigenvalue weighted by Gasteiger charge is 2.26. The van der Waals surface area contributed by atoms with E-state index in [9.17, 15) is 18.0 Å². The van der Waals surface area contributed by atoms with Crippen LogP contribution in [-0.2, 0) is 26.1 Å². The number of rotatable bonds is 10. The molecule has 3 heterocycles. The number of carbonyl (C=O) groups excluding carboxylic acids is 2. The van der Waals surface area contributed by atoms with E-state index in [4.69, 9.17) is 4.74 Å². The number of nitrogens with one attached hydrogen (secondary N) is 2. The third kappa shape index (κ3) is 6.98. The molecule has 238 valence electrons. The van der Waals surface area contributed by atoms with Crippen molar-refractivity contribution in [3.8, 4) is 5.69 Å². The van der Waals surface area contributed by atoms with Crippen molar-refractivity contribution in [3.05, 3.63) is 89.2 Å². The standard InChI is InChI=1S/C31H31N7O5S3/c1-20-7-8-21(2)25(17-20)38-27(35-36-31(38)44-19-28(39)34-30-33-24-5-3-4-6-26(24)45-30)18-32-29(40)22-9-11-23(12-10-22)46(41,42)37-13-15-43-16-14-37/h3-12,17H,13-16,18-19H2,1-2H3,(H,32,40)(H,33,34,39). The molecule has 0 aliphatic carbocycles. The van der Waals surface area contributed by atoms with E-state index in [2.05, 4.69) is 25.8 Å². The van der Waals surface area contributed by atoms with Gasteiger partial charge in [-0.2, -0.15) is 4.31 Å². The van der Waals surface area contributed by atoms with E-state index >= 15 is 0 Å². The van der Waals surface area contributed by atoms with Gasteiger partial charge in [-0.05, 0) is 67.4 Å². The Hall–Kier alpha value is -4.15. The maximum absolute atomic E-state index is 13.1. The predicted molar refractivity (Wildman–Crippen MR) is 177 cm³/mol. The lowest BCUT2D eigenvalue weighted by atomic mass is 10.1. The number of morpholine rings is 1. The number of hydrogen-bond donors (Lipinski definition) is 2. The van der Waals surface area contributed by atoms with Crippen molar-refractivity contribution in [2.45, 2.75) is 30.4 Å². The van der Waals surface area contributed by atoms with E-state index in [0.717, 1.165) is 27.0 Å². The van der Waals surface area contributed by atoms with Crippen LogP contribution in [0.5, 0.6) is 0 Å². The lowest BCUT2D eigenvalue weighted by molar-refractivity contribution is -0.113. The highest BCUT2D eigenvalue weighted by Crippen LogP contribution is 2.28. The highest BCUT2D eigenvalue weighted by molar-refractivity contribution is 7.99. The fourth-order valence-electron chi connectivity index (χ4n) is 4.90. The van der Waals surface area contributed by atoms with Crippen LogP contribution in [0.2, 0.25) is 0 Å². The van der Waals surface area contributed by atoms with E-state index in [1.165, 1.54) is 51.7 Å². The number of aryl methyl sites for hydroxylation is 2. The average Bonchev–Trinajstić information content (AvgIpc) is 3.67. The van der Waals surface area contributed by atoms with E-state index in [1.54, 1.807) is 0 Å². The summed E-state index contributed by atoms with van der Waals surface area (Å²) in [6, 6.07) is 19.5. The second-order valence-corrected chi connectivity index (χ2v) is 14.5. The number of benzene rings is 3. The van der Waals surface area contributed by atoms with E-state index in [-0.39, 0.29) is 23.1 Å². The SMILES string of the molecule is Cc1ccc(C)c(-n2c(CNC(=O)c3ccc(S(=O)(=O)N4CCOCC4)cc3)nnc2SCC(=O)Nc2nc3ccccc3s2)c1. The fraction of sp³-hybridized carbons (Fsp3) is 0.258. The molecule has 0 atom stereocenters. The van der Waals surface area contributed by atoms with Crippen LogP contribution in [0.1, 0.15) is 27.3 Å². The zero-order chi connectivity index (χ0) is 32.3. The third-order valence-electron chi connectivity index (χ3n) is 7.31. The van der Waals surface area contributed by atoms with Crippen molar-refractivity contribution in [2.75, 3.05) is 37.4 Å². The Kier molecular flexibility index (Phi) is 9.47. The topological polar surface area (TPSA) is 148 Å². The van der Waals surface area contributed by atoms with Gasteiger partial charge in [0.15, 0.2) is 16.1 Å². The number of aromatic nitrogens is 4. The summed E-state index contributed by atoms with van der Waals surface area (Å²) in [5, 5.41) is 15.5. The number of carbonyl (C=O) groups is 2. The van der Waals surface area contributed by atoms with Gasteiger partial charge in [-0.1, -0.05) is 47.4 Å². The lowest BCUT2D eigenvalue weighted by Crippen LogP contribution is -2.40. The van der Waals surface area contributed by atoms with Gasteiger partial charge in [0.1, 0.15) is 0 Å². The summed E-state index contributed by atoms with van der Waals surface area (Å²) in [6.07, 6.45) is 0. The van der Waals surface area contributed by atoms with Crippen LogP contribution in [0.4, 0.5) is 5.13 Å². The summed E-state index contributed by atoms with van der Waals surface area (Å²) in [7, 11) is -3.67. The van der Waals surface area contributed by atoms with Gasteiger partial charge in [0.05, 0.1) is 46.3 Å².